The molecule has 0 aliphatic heterocycles. The number of hydrogen-bond donors (Lipinski definition) is 0. The lowest BCUT2D eigenvalue weighted by Crippen LogP contribution is -2.14. The Morgan fingerprint density at radius 3 is 2.23 bits per heavy atom. The molecule has 13 heavy (non-hydrogen) atoms. The highest BCUT2D eigenvalue weighted by atomic mass is 79.9. The summed E-state index contributed by atoms with van der Waals surface area (Å²) in [5.41, 5.74) is 0.388. The van der Waals surface area contributed by atoms with Gasteiger partial charge in [-0.05, 0) is 11.5 Å². The Kier molecular flexibility index (Phi) is 3.12. The van der Waals surface area contributed by atoms with Crippen LogP contribution in [0.1, 0.15) is 32.5 Å². The quantitative estimate of drug-likeness (QED) is 0.683. The van der Waals surface area contributed by atoms with Crippen molar-refractivity contribution in [2.45, 2.75) is 26.9 Å². The third-order valence-corrected chi connectivity index (χ3v) is 2.66. The van der Waals surface area contributed by atoms with Gasteiger partial charge in [0.2, 0.25) is 0 Å². The van der Waals surface area contributed by atoms with Gasteiger partial charge in [0.25, 0.3) is 0 Å². The second kappa shape index (κ2) is 3.79. The van der Waals surface area contributed by atoms with Crippen LogP contribution in [0.15, 0.2) is 28.7 Å². The molecule has 1 atom stereocenters. The normalized spacial score (nSPS) is 14.2. The zero-order valence-corrected chi connectivity index (χ0v) is 9.73. The van der Waals surface area contributed by atoms with Crippen LogP contribution in [0.5, 0.6) is 0 Å². The molecule has 0 N–H and O–H groups in total. The first-order valence-electron chi connectivity index (χ1n) is 4.31. The van der Waals surface area contributed by atoms with Crippen LogP contribution in [0.4, 0.5) is 4.39 Å². The predicted molar refractivity (Wildman–Crippen MR) is 57.4 cm³/mol. The summed E-state index contributed by atoms with van der Waals surface area (Å²) in [6.07, 6.45) is -0.928. The minimum absolute atomic E-state index is 0.343. The van der Waals surface area contributed by atoms with E-state index in [4.69, 9.17) is 0 Å². The first-order chi connectivity index (χ1) is 5.93. The van der Waals surface area contributed by atoms with Crippen molar-refractivity contribution < 1.29 is 4.39 Å². The molecular weight excluding hydrogens is 231 g/mol. The fraction of sp³-hybridized carbons (Fsp3) is 0.455. The van der Waals surface area contributed by atoms with Crippen molar-refractivity contribution >= 4 is 15.9 Å². The lowest BCUT2D eigenvalue weighted by Gasteiger charge is -2.24. The zero-order chi connectivity index (χ0) is 10.1. The first kappa shape index (κ1) is 10.7. The summed E-state index contributed by atoms with van der Waals surface area (Å²) in [6.45, 7) is 5.70. The van der Waals surface area contributed by atoms with E-state index in [0.29, 0.717) is 0 Å². The molecule has 0 fully saturated rings. The lowest BCUT2D eigenvalue weighted by atomic mass is 9.86. The van der Waals surface area contributed by atoms with Crippen LogP contribution in [0.3, 0.4) is 0 Å². The van der Waals surface area contributed by atoms with Gasteiger partial charge in [0.05, 0.1) is 0 Å². The van der Waals surface area contributed by atoms with Gasteiger partial charge in [-0.2, -0.15) is 0 Å². The summed E-state index contributed by atoms with van der Waals surface area (Å²) in [5.74, 6) is 0. The summed E-state index contributed by atoms with van der Waals surface area (Å²) in [6, 6.07) is 7.44. The smallest absolute Gasteiger partial charge is 0.131 e. The molecule has 1 rings (SSSR count). The van der Waals surface area contributed by atoms with Crippen LogP contribution >= 0.6 is 15.9 Å². The van der Waals surface area contributed by atoms with Crippen molar-refractivity contribution in [2.24, 2.45) is 5.41 Å². The van der Waals surface area contributed by atoms with Gasteiger partial charge in [0.1, 0.15) is 6.17 Å². The Bertz CT molecular complexity index is 288. The molecule has 0 bridgehead atoms. The van der Waals surface area contributed by atoms with Crippen LogP contribution in [-0.4, -0.2) is 0 Å². The average Bonchev–Trinajstić information content (AvgIpc) is 2.02. The van der Waals surface area contributed by atoms with Gasteiger partial charge in [0, 0.05) is 10.0 Å². The number of halogens is 2. The third-order valence-electron chi connectivity index (χ3n) is 1.94. The molecule has 0 saturated heterocycles. The molecule has 0 heterocycles. The molecule has 2 heteroatoms. The van der Waals surface area contributed by atoms with Crippen molar-refractivity contribution in [3.63, 3.8) is 0 Å². The average molecular weight is 245 g/mol. The predicted octanol–water partition coefficient (Wildman–Crippen LogP) is 4.51. The molecule has 1 aromatic rings. The Morgan fingerprint density at radius 1 is 1.23 bits per heavy atom. The Balaban J connectivity index is 3.02. The van der Waals surface area contributed by atoms with E-state index in [1.807, 2.05) is 45.0 Å². The van der Waals surface area contributed by atoms with Gasteiger partial charge in [-0.3, -0.25) is 0 Å². The van der Waals surface area contributed by atoms with E-state index in [-0.39, 0.29) is 5.41 Å². The molecule has 0 aromatic heterocycles. The maximum absolute atomic E-state index is 13.9. The van der Waals surface area contributed by atoms with Gasteiger partial charge in [-0.25, -0.2) is 4.39 Å². The zero-order valence-electron chi connectivity index (χ0n) is 8.14. The highest BCUT2D eigenvalue weighted by Crippen LogP contribution is 2.38. The van der Waals surface area contributed by atoms with E-state index < -0.39 is 6.17 Å². The molecule has 0 nitrogen and oxygen atoms in total. The van der Waals surface area contributed by atoms with Crippen molar-refractivity contribution in [3.05, 3.63) is 34.3 Å². The van der Waals surface area contributed by atoms with Crippen molar-refractivity contribution in [1.29, 1.82) is 0 Å². The van der Waals surface area contributed by atoms with E-state index in [2.05, 4.69) is 15.9 Å². The summed E-state index contributed by atoms with van der Waals surface area (Å²) >= 11 is 3.35. The number of hydrogen-bond acceptors (Lipinski definition) is 0. The minimum atomic E-state index is -0.928. The van der Waals surface area contributed by atoms with Gasteiger partial charge >= 0.3 is 0 Å². The summed E-state index contributed by atoms with van der Waals surface area (Å²) in [5, 5.41) is 0. The Hall–Kier alpha value is -0.370. The molecule has 0 amide bonds. The van der Waals surface area contributed by atoms with Crippen molar-refractivity contribution in [2.75, 3.05) is 0 Å². The fourth-order valence-corrected chi connectivity index (χ4v) is 1.63. The van der Waals surface area contributed by atoms with Crippen molar-refractivity contribution in [1.82, 2.24) is 0 Å². The van der Waals surface area contributed by atoms with Gasteiger partial charge < -0.3 is 0 Å². The standard InChI is InChI=1S/C11H14BrF/c1-11(2,3)10(13)8-6-4-5-7-9(8)12/h4-7,10H,1-3H3. The van der Waals surface area contributed by atoms with Crippen molar-refractivity contribution in [3.8, 4) is 0 Å². The lowest BCUT2D eigenvalue weighted by molar-refractivity contribution is 0.164. The number of alkyl halides is 1. The van der Waals surface area contributed by atoms with Gasteiger partial charge in [-0.1, -0.05) is 54.9 Å². The van der Waals surface area contributed by atoms with Crippen LogP contribution in [0, 0.1) is 5.41 Å². The van der Waals surface area contributed by atoms with E-state index in [9.17, 15) is 4.39 Å². The monoisotopic (exact) mass is 244 g/mol. The topological polar surface area (TPSA) is 0 Å². The van der Waals surface area contributed by atoms with Crippen LogP contribution < -0.4 is 0 Å². The maximum atomic E-state index is 13.9. The Labute approximate surface area is 87.3 Å². The summed E-state index contributed by atoms with van der Waals surface area (Å²) < 4.78 is 14.7. The first-order valence-corrected chi connectivity index (χ1v) is 5.10. The second-order valence-corrected chi connectivity index (χ2v) is 5.10. The SMILES string of the molecule is CC(C)(C)C(F)c1ccccc1Br. The van der Waals surface area contributed by atoms with E-state index in [1.54, 1.807) is 0 Å². The molecule has 0 saturated carbocycles. The largest absolute Gasteiger partial charge is 0.242 e. The van der Waals surface area contributed by atoms with E-state index in [0.717, 1.165) is 10.0 Å². The van der Waals surface area contributed by atoms with Crippen LogP contribution in [0.2, 0.25) is 0 Å². The molecular formula is C11H14BrF. The maximum Gasteiger partial charge on any atom is 0.131 e. The fourth-order valence-electron chi connectivity index (χ4n) is 1.15. The molecule has 72 valence electrons. The van der Waals surface area contributed by atoms with Gasteiger partial charge in [0.15, 0.2) is 0 Å². The second-order valence-electron chi connectivity index (χ2n) is 4.25. The molecule has 0 radical (unpaired) electrons. The van der Waals surface area contributed by atoms with Crippen LogP contribution in [-0.2, 0) is 0 Å². The molecule has 1 unspecified atom stereocenters. The molecule has 0 aliphatic carbocycles. The minimum Gasteiger partial charge on any atom is -0.242 e. The number of benzene rings is 1. The molecule has 0 aliphatic rings. The van der Waals surface area contributed by atoms with Crippen LogP contribution in [0.25, 0.3) is 0 Å². The Morgan fingerprint density at radius 2 is 1.77 bits per heavy atom. The van der Waals surface area contributed by atoms with E-state index in [1.165, 1.54) is 0 Å². The van der Waals surface area contributed by atoms with Gasteiger partial charge in [-0.15, -0.1) is 0 Å². The summed E-state index contributed by atoms with van der Waals surface area (Å²) in [7, 11) is 0. The van der Waals surface area contributed by atoms with E-state index >= 15 is 0 Å². The highest BCUT2D eigenvalue weighted by Gasteiger charge is 2.26. The third kappa shape index (κ3) is 2.53. The molecule has 1 aromatic carbocycles. The molecule has 0 spiro atoms. The highest BCUT2D eigenvalue weighted by molar-refractivity contribution is 9.10. The number of rotatable bonds is 1. The summed E-state index contributed by atoms with van der Waals surface area (Å²) in [4.78, 5) is 0.